The van der Waals surface area contributed by atoms with Crippen LogP contribution in [0.25, 0.3) is 0 Å². The number of nitrogen functional groups attached to an aromatic ring is 1. The third-order valence-corrected chi connectivity index (χ3v) is 2.57. The van der Waals surface area contributed by atoms with Crippen LogP contribution >= 0.6 is 0 Å². The summed E-state index contributed by atoms with van der Waals surface area (Å²) in [5.74, 6) is 1.19. The molecule has 0 amide bonds. The van der Waals surface area contributed by atoms with Crippen LogP contribution in [-0.2, 0) is 9.47 Å². The molecule has 1 fully saturated rings. The van der Waals surface area contributed by atoms with E-state index < -0.39 is 0 Å². The smallest absolute Gasteiger partial charge is 0.239 e. The number of nitrogens with two attached hydrogens (primary N) is 1. The zero-order valence-corrected chi connectivity index (χ0v) is 10.5. The molecular weight excluding hydrogens is 234 g/mol. The minimum absolute atomic E-state index is 0.0636. The summed E-state index contributed by atoms with van der Waals surface area (Å²) in [6.07, 6.45) is 0.0636. The average Bonchev–Trinajstić information content (AvgIpc) is 2.41. The van der Waals surface area contributed by atoms with Gasteiger partial charge in [-0.05, 0) is 19.1 Å². The molecule has 1 aliphatic rings. The van der Waals surface area contributed by atoms with Crippen LogP contribution in [0.4, 0.5) is 11.5 Å². The quantitative estimate of drug-likeness (QED) is 0.811. The van der Waals surface area contributed by atoms with E-state index in [1.54, 1.807) is 6.07 Å². The Morgan fingerprint density at radius 2 is 2.39 bits per heavy atom. The Morgan fingerprint density at radius 3 is 3.11 bits per heavy atom. The van der Waals surface area contributed by atoms with Crippen molar-refractivity contribution < 1.29 is 14.2 Å². The van der Waals surface area contributed by atoms with Crippen molar-refractivity contribution in [1.82, 2.24) is 4.98 Å². The molecule has 1 aromatic heterocycles. The second-order valence-corrected chi connectivity index (χ2v) is 3.97. The Bertz CT molecular complexity index is 381. The Balaban J connectivity index is 1.90. The van der Waals surface area contributed by atoms with Crippen LogP contribution in [0.5, 0.6) is 5.88 Å². The predicted molar refractivity (Wildman–Crippen MR) is 68.9 cm³/mol. The van der Waals surface area contributed by atoms with Crippen molar-refractivity contribution in [1.29, 1.82) is 0 Å². The summed E-state index contributed by atoms with van der Waals surface area (Å²) in [6.45, 7) is 5.02. The van der Waals surface area contributed by atoms with Crippen LogP contribution in [0.1, 0.15) is 6.92 Å². The summed E-state index contributed by atoms with van der Waals surface area (Å²) in [5.41, 5.74) is 6.30. The molecule has 2 heterocycles. The van der Waals surface area contributed by atoms with Crippen molar-refractivity contribution >= 4 is 11.5 Å². The summed E-state index contributed by atoms with van der Waals surface area (Å²) < 4.78 is 16.2. The van der Waals surface area contributed by atoms with Gasteiger partial charge in [0.05, 0.1) is 38.2 Å². The van der Waals surface area contributed by atoms with Gasteiger partial charge in [-0.25, -0.2) is 0 Å². The lowest BCUT2D eigenvalue weighted by atomic mass is 10.3. The van der Waals surface area contributed by atoms with Crippen LogP contribution in [0, 0.1) is 0 Å². The Labute approximate surface area is 106 Å². The van der Waals surface area contributed by atoms with Crippen molar-refractivity contribution in [3.63, 3.8) is 0 Å². The molecule has 0 radical (unpaired) electrons. The third-order valence-electron chi connectivity index (χ3n) is 2.57. The lowest BCUT2D eigenvalue weighted by molar-refractivity contribution is -0.0819. The molecule has 0 aliphatic carbocycles. The van der Waals surface area contributed by atoms with E-state index >= 15 is 0 Å². The number of anilines is 2. The van der Waals surface area contributed by atoms with Crippen molar-refractivity contribution in [3.8, 4) is 5.88 Å². The van der Waals surface area contributed by atoms with E-state index in [0.29, 0.717) is 44.5 Å². The lowest BCUT2D eigenvalue weighted by Gasteiger charge is -2.23. The number of hydrogen-bond acceptors (Lipinski definition) is 6. The van der Waals surface area contributed by atoms with Gasteiger partial charge in [0, 0.05) is 6.54 Å². The van der Waals surface area contributed by atoms with E-state index in [1.807, 2.05) is 13.0 Å². The largest absolute Gasteiger partial charge is 0.476 e. The van der Waals surface area contributed by atoms with Gasteiger partial charge < -0.3 is 25.3 Å². The number of aromatic nitrogens is 1. The molecule has 1 aliphatic heterocycles. The summed E-state index contributed by atoms with van der Waals surface area (Å²) in [4.78, 5) is 4.29. The minimum Gasteiger partial charge on any atom is -0.476 e. The highest BCUT2D eigenvalue weighted by Gasteiger charge is 2.14. The monoisotopic (exact) mass is 253 g/mol. The molecule has 1 atom stereocenters. The Hall–Kier alpha value is -1.53. The van der Waals surface area contributed by atoms with Crippen LogP contribution in [-0.4, -0.2) is 44.1 Å². The second kappa shape index (κ2) is 6.42. The maximum Gasteiger partial charge on any atom is 0.239 e. The van der Waals surface area contributed by atoms with Crippen LogP contribution < -0.4 is 15.8 Å². The molecule has 100 valence electrons. The van der Waals surface area contributed by atoms with Gasteiger partial charge >= 0.3 is 0 Å². The van der Waals surface area contributed by atoms with E-state index in [1.165, 1.54) is 0 Å². The van der Waals surface area contributed by atoms with E-state index in [4.69, 9.17) is 19.9 Å². The molecule has 3 N–H and O–H groups in total. The van der Waals surface area contributed by atoms with Crippen molar-refractivity contribution in [2.45, 2.75) is 13.0 Å². The van der Waals surface area contributed by atoms with Gasteiger partial charge in [-0.3, -0.25) is 0 Å². The maximum absolute atomic E-state index is 5.75. The fourth-order valence-corrected chi connectivity index (χ4v) is 1.67. The summed E-state index contributed by atoms with van der Waals surface area (Å²) in [5, 5.41) is 3.19. The first-order chi connectivity index (χ1) is 8.79. The lowest BCUT2D eigenvalue weighted by Crippen LogP contribution is -2.34. The van der Waals surface area contributed by atoms with Gasteiger partial charge in [-0.15, -0.1) is 0 Å². The highest BCUT2D eigenvalue weighted by atomic mass is 16.6. The van der Waals surface area contributed by atoms with Gasteiger partial charge in [0.2, 0.25) is 5.88 Å². The highest BCUT2D eigenvalue weighted by molar-refractivity contribution is 5.53. The van der Waals surface area contributed by atoms with Crippen LogP contribution in [0.3, 0.4) is 0 Å². The fraction of sp³-hybridized carbons (Fsp3) is 0.583. The van der Waals surface area contributed by atoms with Gasteiger partial charge in [0.1, 0.15) is 5.82 Å². The molecule has 2 rings (SSSR count). The minimum atomic E-state index is 0.0636. The average molecular weight is 253 g/mol. The Kier molecular flexibility index (Phi) is 4.60. The topological polar surface area (TPSA) is 78.6 Å². The SMILES string of the molecule is CCOc1nc(NCC2COCCO2)ccc1N. The van der Waals surface area contributed by atoms with E-state index in [0.717, 1.165) is 5.82 Å². The first-order valence-corrected chi connectivity index (χ1v) is 6.12. The van der Waals surface area contributed by atoms with Gasteiger partial charge in [-0.1, -0.05) is 0 Å². The molecule has 6 nitrogen and oxygen atoms in total. The van der Waals surface area contributed by atoms with E-state index in [-0.39, 0.29) is 6.10 Å². The van der Waals surface area contributed by atoms with Crippen LogP contribution in [0.15, 0.2) is 12.1 Å². The molecule has 0 bridgehead atoms. The fourth-order valence-electron chi connectivity index (χ4n) is 1.67. The van der Waals surface area contributed by atoms with Crippen molar-refractivity contribution in [2.24, 2.45) is 0 Å². The predicted octanol–water partition coefficient (Wildman–Crippen LogP) is 0.890. The molecule has 18 heavy (non-hydrogen) atoms. The molecule has 0 spiro atoms. The van der Waals surface area contributed by atoms with Crippen molar-refractivity contribution in [2.75, 3.05) is 44.0 Å². The maximum atomic E-state index is 5.75. The summed E-state index contributed by atoms with van der Waals surface area (Å²) in [6, 6.07) is 3.60. The van der Waals surface area contributed by atoms with E-state index in [9.17, 15) is 0 Å². The third kappa shape index (κ3) is 3.48. The second-order valence-electron chi connectivity index (χ2n) is 3.97. The first kappa shape index (κ1) is 12.9. The van der Waals surface area contributed by atoms with Crippen LogP contribution in [0.2, 0.25) is 0 Å². The van der Waals surface area contributed by atoms with Gasteiger partial charge in [-0.2, -0.15) is 4.98 Å². The number of nitrogens with one attached hydrogen (secondary N) is 1. The zero-order valence-electron chi connectivity index (χ0n) is 10.5. The summed E-state index contributed by atoms with van der Waals surface area (Å²) >= 11 is 0. The molecule has 0 saturated carbocycles. The number of rotatable bonds is 5. The summed E-state index contributed by atoms with van der Waals surface area (Å²) in [7, 11) is 0. The number of hydrogen-bond donors (Lipinski definition) is 2. The van der Waals surface area contributed by atoms with Gasteiger partial charge in [0.15, 0.2) is 0 Å². The molecule has 6 heteroatoms. The van der Waals surface area contributed by atoms with E-state index in [2.05, 4.69) is 10.3 Å². The highest BCUT2D eigenvalue weighted by Crippen LogP contribution is 2.20. The standard InChI is InChI=1S/C12H19N3O3/c1-2-17-12-10(13)3-4-11(15-12)14-7-9-8-16-5-6-18-9/h3-4,9H,2,5-8,13H2,1H3,(H,14,15). The number of nitrogens with zero attached hydrogens (tertiary/aromatic N) is 1. The molecule has 0 aromatic carbocycles. The zero-order chi connectivity index (χ0) is 12.8. The number of pyridine rings is 1. The normalized spacial score (nSPS) is 19.5. The number of ether oxygens (including phenoxy) is 3. The molecule has 1 saturated heterocycles. The molecule has 1 aromatic rings. The Morgan fingerprint density at radius 1 is 1.50 bits per heavy atom. The molecular formula is C12H19N3O3. The molecule has 1 unspecified atom stereocenters. The first-order valence-electron chi connectivity index (χ1n) is 6.12. The van der Waals surface area contributed by atoms with Gasteiger partial charge in [0.25, 0.3) is 0 Å². The van der Waals surface area contributed by atoms with Crippen molar-refractivity contribution in [3.05, 3.63) is 12.1 Å².